The molecule has 1 aliphatic rings. The van der Waals surface area contributed by atoms with Gasteiger partial charge in [0.15, 0.2) is 0 Å². The molecule has 0 aliphatic heterocycles. The minimum absolute atomic E-state index is 0.992. The molecule has 1 aromatic rings. The Morgan fingerprint density at radius 3 is 3.08 bits per heavy atom. The summed E-state index contributed by atoms with van der Waals surface area (Å²) in [6.45, 7) is 0.992. The first-order chi connectivity index (χ1) is 6.29. The fraction of sp³-hybridized carbons (Fsp3) is 0.273. The lowest BCUT2D eigenvalue weighted by molar-refractivity contribution is 0.866. The summed E-state index contributed by atoms with van der Waals surface area (Å²) in [6.07, 6.45) is 3.37. The predicted molar refractivity (Wildman–Crippen MR) is 59.7 cm³/mol. The van der Waals surface area contributed by atoms with Crippen LogP contribution in [-0.2, 0) is 6.42 Å². The summed E-state index contributed by atoms with van der Waals surface area (Å²) in [6, 6.07) is 6.47. The molecule has 0 spiro atoms. The Bertz CT molecular complexity index is 355. The first-order valence-corrected chi connectivity index (χ1v) is 5.21. The van der Waals surface area contributed by atoms with E-state index in [4.69, 9.17) is 0 Å². The molecule has 0 unspecified atom stereocenters. The summed E-state index contributed by atoms with van der Waals surface area (Å²) in [7, 11) is 1.99. The van der Waals surface area contributed by atoms with Crippen LogP contribution in [0, 0.1) is 0 Å². The second-order valence-corrected chi connectivity index (χ2v) is 4.27. The molecule has 1 aliphatic carbocycles. The molecule has 0 aromatic heterocycles. The zero-order valence-electron chi connectivity index (χ0n) is 7.60. The normalized spacial score (nSPS) is 14.2. The fourth-order valence-corrected chi connectivity index (χ4v) is 2.13. The molecule has 68 valence electrons. The summed E-state index contributed by atoms with van der Waals surface area (Å²) in [5.41, 5.74) is 4.27. The maximum Gasteiger partial charge on any atom is 0.0178 e. The van der Waals surface area contributed by atoms with Gasteiger partial charge in [-0.15, -0.1) is 0 Å². The Balaban J connectivity index is 2.25. The molecule has 0 saturated carbocycles. The van der Waals surface area contributed by atoms with E-state index in [2.05, 4.69) is 45.5 Å². The summed E-state index contributed by atoms with van der Waals surface area (Å²) < 4.78 is 1.17. The lowest BCUT2D eigenvalue weighted by Crippen LogP contribution is -2.09. The van der Waals surface area contributed by atoms with Gasteiger partial charge < -0.3 is 5.32 Å². The summed E-state index contributed by atoms with van der Waals surface area (Å²) in [5, 5.41) is 3.18. The fourth-order valence-electron chi connectivity index (χ4n) is 1.72. The third-order valence-electron chi connectivity index (χ3n) is 2.29. The molecular formula is C11H12BrN. The Labute approximate surface area is 87.0 Å². The van der Waals surface area contributed by atoms with Crippen molar-refractivity contribution >= 4 is 22.0 Å². The Morgan fingerprint density at radius 2 is 2.31 bits per heavy atom. The first-order valence-electron chi connectivity index (χ1n) is 4.42. The highest BCUT2D eigenvalue weighted by atomic mass is 79.9. The van der Waals surface area contributed by atoms with Gasteiger partial charge in [-0.1, -0.05) is 33.6 Å². The molecule has 0 fully saturated rings. The molecule has 2 heteroatoms. The van der Waals surface area contributed by atoms with Crippen LogP contribution in [0.3, 0.4) is 0 Å². The quantitative estimate of drug-likeness (QED) is 0.835. The van der Waals surface area contributed by atoms with Crippen LogP contribution in [0.5, 0.6) is 0 Å². The monoisotopic (exact) mass is 237 g/mol. The van der Waals surface area contributed by atoms with E-state index in [0.717, 1.165) is 13.0 Å². The van der Waals surface area contributed by atoms with Crippen molar-refractivity contribution in [3.05, 3.63) is 39.4 Å². The lowest BCUT2D eigenvalue weighted by Gasteiger charge is -2.00. The van der Waals surface area contributed by atoms with E-state index in [1.165, 1.54) is 21.2 Å². The summed E-state index contributed by atoms with van der Waals surface area (Å²) >= 11 is 3.49. The van der Waals surface area contributed by atoms with Crippen molar-refractivity contribution < 1.29 is 0 Å². The Hall–Kier alpha value is -0.600. The van der Waals surface area contributed by atoms with Gasteiger partial charge in [-0.2, -0.15) is 0 Å². The smallest absolute Gasteiger partial charge is 0.0178 e. The number of fused-ring (bicyclic) bond motifs is 1. The molecule has 1 aromatic carbocycles. The van der Waals surface area contributed by atoms with Crippen molar-refractivity contribution in [2.24, 2.45) is 0 Å². The molecule has 0 radical (unpaired) electrons. The summed E-state index contributed by atoms with van der Waals surface area (Å²) in [4.78, 5) is 0. The third-order valence-corrected chi connectivity index (χ3v) is 2.78. The van der Waals surface area contributed by atoms with Gasteiger partial charge in [0.25, 0.3) is 0 Å². The number of hydrogen-bond acceptors (Lipinski definition) is 1. The molecule has 0 heterocycles. The lowest BCUT2D eigenvalue weighted by atomic mass is 10.1. The van der Waals surface area contributed by atoms with Crippen LogP contribution in [0.1, 0.15) is 11.1 Å². The van der Waals surface area contributed by atoms with E-state index in [1.807, 2.05) is 7.05 Å². The first kappa shape index (κ1) is 8.97. The highest BCUT2D eigenvalue weighted by molar-refractivity contribution is 9.10. The standard InChI is InChI=1S/C11H12BrN/c1-13-7-8-4-9-2-3-11(12)6-10(9)5-8/h2-4,6,13H,5,7H2,1H3. The van der Waals surface area contributed by atoms with Gasteiger partial charge in [-0.05, 0) is 36.7 Å². The molecule has 0 amide bonds. The maximum atomic E-state index is 3.49. The number of hydrogen-bond donors (Lipinski definition) is 1. The molecule has 0 atom stereocenters. The molecule has 1 N–H and O–H groups in total. The molecule has 2 rings (SSSR count). The van der Waals surface area contributed by atoms with Gasteiger partial charge in [0.05, 0.1) is 0 Å². The van der Waals surface area contributed by atoms with Crippen LogP contribution in [0.25, 0.3) is 6.08 Å². The summed E-state index contributed by atoms with van der Waals surface area (Å²) in [5.74, 6) is 0. The van der Waals surface area contributed by atoms with Crippen molar-refractivity contribution in [3.63, 3.8) is 0 Å². The van der Waals surface area contributed by atoms with Crippen LogP contribution < -0.4 is 5.32 Å². The molecular weight excluding hydrogens is 226 g/mol. The molecule has 0 bridgehead atoms. The minimum atomic E-state index is 0.992. The number of benzene rings is 1. The zero-order valence-corrected chi connectivity index (χ0v) is 9.19. The second kappa shape index (κ2) is 3.64. The van der Waals surface area contributed by atoms with Gasteiger partial charge in [0.2, 0.25) is 0 Å². The maximum absolute atomic E-state index is 3.49. The van der Waals surface area contributed by atoms with Crippen molar-refractivity contribution in [3.8, 4) is 0 Å². The minimum Gasteiger partial charge on any atom is -0.316 e. The van der Waals surface area contributed by atoms with E-state index < -0.39 is 0 Å². The highest BCUT2D eigenvalue weighted by Crippen LogP contribution is 2.27. The number of likely N-dealkylation sites (N-methyl/N-ethyl adjacent to an activating group) is 1. The Morgan fingerprint density at radius 1 is 1.46 bits per heavy atom. The number of rotatable bonds is 2. The van der Waals surface area contributed by atoms with Gasteiger partial charge in [0, 0.05) is 11.0 Å². The highest BCUT2D eigenvalue weighted by Gasteiger charge is 2.11. The van der Waals surface area contributed by atoms with E-state index in [0.29, 0.717) is 0 Å². The average molecular weight is 238 g/mol. The number of nitrogens with one attached hydrogen (secondary N) is 1. The van der Waals surface area contributed by atoms with Crippen molar-refractivity contribution in [1.82, 2.24) is 5.32 Å². The molecule has 13 heavy (non-hydrogen) atoms. The van der Waals surface area contributed by atoms with Gasteiger partial charge in [-0.3, -0.25) is 0 Å². The molecule has 0 saturated heterocycles. The van der Waals surface area contributed by atoms with Crippen molar-refractivity contribution in [2.75, 3.05) is 13.6 Å². The van der Waals surface area contributed by atoms with Crippen LogP contribution >= 0.6 is 15.9 Å². The van der Waals surface area contributed by atoms with Gasteiger partial charge in [-0.25, -0.2) is 0 Å². The largest absolute Gasteiger partial charge is 0.316 e. The van der Waals surface area contributed by atoms with E-state index in [-0.39, 0.29) is 0 Å². The van der Waals surface area contributed by atoms with Crippen LogP contribution in [0.2, 0.25) is 0 Å². The van der Waals surface area contributed by atoms with E-state index in [9.17, 15) is 0 Å². The van der Waals surface area contributed by atoms with Crippen LogP contribution in [0.4, 0.5) is 0 Å². The predicted octanol–water partition coefficient (Wildman–Crippen LogP) is 2.61. The van der Waals surface area contributed by atoms with Crippen molar-refractivity contribution in [1.29, 1.82) is 0 Å². The Kier molecular flexibility index (Phi) is 2.51. The van der Waals surface area contributed by atoms with Crippen LogP contribution in [-0.4, -0.2) is 13.6 Å². The van der Waals surface area contributed by atoms with Crippen molar-refractivity contribution in [2.45, 2.75) is 6.42 Å². The van der Waals surface area contributed by atoms with E-state index in [1.54, 1.807) is 0 Å². The SMILES string of the molecule is CNCC1=Cc2ccc(Br)cc2C1. The molecule has 1 nitrogen and oxygen atoms in total. The third kappa shape index (κ3) is 1.84. The zero-order chi connectivity index (χ0) is 9.26. The van der Waals surface area contributed by atoms with Crippen LogP contribution in [0.15, 0.2) is 28.2 Å². The second-order valence-electron chi connectivity index (χ2n) is 3.35. The van der Waals surface area contributed by atoms with Gasteiger partial charge in [0.1, 0.15) is 0 Å². The number of halogens is 1. The average Bonchev–Trinajstić information content (AvgIpc) is 2.46. The van der Waals surface area contributed by atoms with Gasteiger partial charge >= 0.3 is 0 Å². The topological polar surface area (TPSA) is 12.0 Å². The van der Waals surface area contributed by atoms with E-state index >= 15 is 0 Å².